The van der Waals surface area contributed by atoms with Gasteiger partial charge in [-0.3, -0.25) is 0 Å². The number of nitrogens with zero attached hydrogens (tertiary/aromatic N) is 2. The van der Waals surface area contributed by atoms with Crippen LogP contribution >= 0.6 is 0 Å². The zero-order chi connectivity index (χ0) is 11.4. The standard InChI is InChI=1S/C13H16N2O/c14-8-3-9-15(12-6-7-12)13-5-2-1-4-11(13)10-16/h1-2,4-5,12,16H,3,6-7,9-10H2. The van der Waals surface area contributed by atoms with E-state index in [-0.39, 0.29) is 6.61 Å². The first-order valence-corrected chi connectivity index (χ1v) is 5.69. The summed E-state index contributed by atoms with van der Waals surface area (Å²) >= 11 is 0. The molecule has 0 bridgehead atoms. The molecule has 0 unspecified atom stereocenters. The lowest BCUT2D eigenvalue weighted by atomic mass is 10.1. The summed E-state index contributed by atoms with van der Waals surface area (Å²) in [5.41, 5.74) is 2.04. The molecule has 1 N–H and O–H groups in total. The zero-order valence-electron chi connectivity index (χ0n) is 9.26. The van der Waals surface area contributed by atoms with Crippen LogP contribution in [-0.2, 0) is 6.61 Å². The molecular formula is C13H16N2O. The maximum atomic E-state index is 9.30. The molecule has 1 aromatic carbocycles. The van der Waals surface area contributed by atoms with Crippen molar-refractivity contribution in [3.8, 4) is 6.07 Å². The molecule has 0 atom stereocenters. The number of aliphatic hydroxyl groups excluding tert-OH is 1. The minimum absolute atomic E-state index is 0.0615. The quantitative estimate of drug-likeness (QED) is 0.819. The summed E-state index contributed by atoms with van der Waals surface area (Å²) in [6, 6.07) is 10.6. The fraction of sp³-hybridized carbons (Fsp3) is 0.462. The van der Waals surface area contributed by atoms with Crippen LogP contribution in [0, 0.1) is 11.3 Å². The highest BCUT2D eigenvalue weighted by molar-refractivity contribution is 5.55. The molecule has 1 aromatic rings. The Morgan fingerprint density at radius 3 is 2.75 bits per heavy atom. The first-order valence-electron chi connectivity index (χ1n) is 5.69. The first kappa shape index (κ1) is 11.0. The van der Waals surface area contributed by atoms with E-state index in [1.807, 2.05) is 24.3 Å². The molecule has 0 spiro atoms. The molecule has 0 aromatic heterocycles. The number of benzene rings is 1. The van der Waals surface area contributed by atoms with Crippen molar-refractivity contribution < 1.29 is 5.11 Å². The molecule has 1 fully saturated rings. The number of aliphatic hydroxyl groups is 1. The van der Waals surface area contributed by atoms with Crippen molar-refractivity contribution in [1.82, 2.24) is 0 Å². The number of para-hydroxylation sites is 1. The third kappa shape index (κ3) is 2.34. The molecule has 3 nitrogen and oxygen atoms in total. The Labute approximate surface area is 95.9 Å². The highest BCUT2D eigenvalue weighted by Gasteiger charge is 2.29. The lowest BCUT2D eigenvalue weighted by Crippen LogP contribution is -2.27. The number of hydrogen-bond donors (Lipinski definition) is 1. The third-order valence-corrected chi connectivity index (χ3v) is 2.92. The van der Waals surface area contributed by atoms with Crippen LogP contribution in [0.15, 0.2) is 24.3 Å². The molecule has 3 heteroatoms. The average molecular weight is 216 g/mol. The fourth-order valence-electron chi connectivity index (χ4n) is 1.98. The summed E-state index contributed by atoms with van der Waals surface area (Å²) in [7, 11) is 0. The van der Waals surface area contributed by atoms with Gasteiger partial charge >= 0.3 is 0 Å². The smallest absolute Gasteiger partial charge is 0.0702 e. The van der Waals surface area contributed by atoms with Crippen LogP contribution in [-0.4, -0.2) is 17.7 Å². The molecule has 0 saturated heterocycles. The van der Waals surface area contributed by atoms with Crippen molar-refractivity contribution in [2.24, 2.45) is 0 Å². The van der Waals surface area contributed by atoms with Crippen molar-refractivity contribution in [3.05, 3.63) is 29.8 Å². The molecule has 84 valence electrons. The Bertz CT molecular complexity index is 393. The van der Waals surface area contributed by atoms with Gasteiger partial charge in [-0.2, -0.15) is 5.26 Å². The minimum atomic E-state index is 0.0615. The third-order valence-electron chi connectivity index (χ3n) is 2.92. The van der Waals surface area contributed by atoms with Crippen molar-refractivity contribution in [1.29, 1.82) is 5.26 Å². The second-order valence-corrected chi connectivity index (χ2v) is 4.12. The molecule has 1 aliphatic carbocycles. The van der Waals surface area contributed by atoms with Gasteiger partial charge in [0.15, 0.2) is 0 Å². The van der Waals surface area contributed by atoms with E-state index >= 15 is 0 Å². The summed E-state index contributed by atoms with van der Waals surface area (Å²) in [6.45, 7) is 0.824. The zero-order valence-corrected chi connectivity index (χ0v) is 9.26. The van der Waals surface area contributed by atoms with Crippen molar-refractivity contribution in [3.63, 3.8) is 0 Å². The van der Waals surface area contributed by atoms with Gasteiger partial charge < -0.3 is 10.0 Å². The normalized spacial score (nSPS) is 14.5. The minimum Gasteiger partial charge on any atom is -0.392 e. The Kier molecular flexibility index (Phi) is 3.43. The second kappa shape index (κ2) is 5.00. The Morgan fingerprint density at radius 1 is 1.38 bits per heavy atom. The summed E-state index contributed by atoms with van der Waals surface area (Å²) in [5.74, 6) is 0. The lowest BCUT2D eigenvalue weighted by Gasteiger charge is -2.25. The Hall–Kier alpha value is -1.53. The van der Waals surface area contributed by atoms with Crippen LogP contribution in [0.3, 0.4) is 0 Å². The van der Waals surface area contributed by atoms with Gasteiger partial charge in [0, 0.05) is 23.8 Å². The van der Waals surface area contributed by atoms with Crippen LogP contribution in [0.5, 0.6) is 0 Å². The van der Waals surface area contributed by atoms with Crippen molar-refractivity contribution >= 4 is 5.69 Å². The van der Waals surface area contributed by atoms with E-state index in [9.17, 15) is 5.11 Å². The van der Waals surface area contributed by atoms with E-state index in [1.165, 1.54) is 12.8 Å². The molecular weight excluding hydrogens is 200 g/mol. The Balaban J connectivity index is 2.20. The van der Waals surface area contributed by atoms with Gasteiger partial charge in [0.1, 0.15) is 0 Å². The summed E-state index contributed by atoms with van der Waals surface area (Å²) in [5, 5.41) is 18.0. The molecule has 2 rings (SSSR count). The SMILES string of the molecule is N#CCCN(c1ccccc1CO)C1CC1. The maximum Gasteiger partial charge on any atom is 0.0702 e. The fourth-order valence-corrected chi connectivity index (χ4v) is 1.98. The summed E-state index contributed by atoms with van der Waals surface area (Å²) in [4.78, 5) is 2.26. The van der Waals surface area contributed by atoms with E-state index in [2.05, 4.69) is 11.0 Å². The molecule has 1 aliphatic rings. The van der Waals surface area contributed by atoms with Gasteiger partial charge in [0.05, 0.1) is 19.1 Å². The van der Waals surface area contributed by atoms with Crippen LogP contribution < -0.4 is 4.90 Å². The van der Waals surface area contributed by atoms with Gasteiger partial charge in [-0.05, 0) is 18.9 Å². The van der Waals surface area contributed by atoms with Gasteiger partial charge in [0.25, 0.3) is 0 Å². The predicted molar refractivity (Wildman–Crippen MR) is 63.0 cm³/mol. The maximum absolute atomic E-state index is 9.30. The van der Waals surface area contributed by atoms with Gasteiger partial charge in [-0.25, -0.2) is 0 Å². The van der Waals surface area contributed by atoms with E-state index in [1.54, 1.807) is 0 Å². The van der Waals surface area contributed by atoms with Crippen LogP contribution in [0.1, 0.15) is 24.8 Å². The van der Waals surface area contributed by atoms with Crippen molar-refractivity contribution in [2.45, 2.75) is 31.9 Å². The number of hydrogen-bond acceptors (Lipinski definition) is 3. The van der Waals surface area contributed by atoms with E-state index in [0.29, 0.717) is 12.5 Å². The highest BCUT2D eigenvalue weighted by atomic mass is 16.3. The topological polar surface area (TPSA) is 47.3 Å². The van der Waals surface area contributed by atoms with E-state index in [0.717, 1.165) is 17.8 Å². The predicted octanol–water partition coefficient (Wildman–Crippen LogP) is 2.06. The van der Waals surface area contributed by atoms with Gasteiger partial charge in [-0.15, -0.1) is 0 Å². The van der Waals surface area contributed by atoms with Gasteiger partial charge in [-0.1, -0.05) is 18.2 Å². The summed E-state index contributed by atoms with van der Waals surface area (Å²) < 4.78 is 0. The molecule has 0 heterocycles. The molecule has 0 radical (unpaired) electrons. The lowest BCUT2D eigenvalue weighted by molar-refractivity contribution is 0.282. The summed E-state index contributed by atoms with van der Waals surface area (Å²) in [6.07, 6.45) is 2.94. The monoisotopic (exact) mass is 216 g/mol. The van der Waals surface area contributed by atoms with Crippen molar-refractivity contribution in [2.75, 3.05) is 11.4 Å². The molecule has 0 amide bonds. The largest absolute Gasteiger partial charge is 0.392 e. The molecule has 16 heavy (non-hydrogen) atoms. The van der Waals surface area contributed by atoms with Crippen LogP contribution in [0.2, 0.25) is 0 Å². The first-order chi connectivity index (χ1) is 7.86. The number of nitriles is 1. The van der Waals surface area contributed by atoms with Crippen LogP contribution in [0.25, 0.3) is 0 Å². The van der Waals surface area contributed by atoms with Gasteiger partial charge in [0.2, 0.25) is 0 Å². The van der Waals surface area contributed by atoms with E-state index < -0.39 is 0 Å². The molecule has 0 aliphatic heterocycles. The molecule has 1 saturated carbocycles. The highest BCUT2D eigenvalue weighted by Crippen LogP contribution is 2.33. The van der Waals surface area contributed by atoms with E-state index in [4.69, 9.17) is 5.26 Å². The van der Waals surface area contributed by atoms with Crippen LogP contribution in [0.4, 0.5) is 5.69 Å². The average Bonchev–Trinajstić information content (AvgIpc) is 3.14. The number of anilines is 1. The second-order valence-electron chi connectivity index (χ2n) is 4.12. The Morgan fingerprint density at radius 2 is 2.12 bits per heavy atom. The number of rotatable bonds is 5.